The number of aromatic nitrogens is 3. The van der Waals surface area contributed by atoms with E-state index in [1.807, 2.05) is 13.1 Å². The molecule has 0 spiro atoms. The van der Waals surface area contributed by atoms with E-state index in [-0.39, 0.29) is 5.91 Å². The van der Waals surface area contributed by atoms with Crippen molar-refractivity contribution in [2.75, 3.05) is 5.32 Å². The summed E-state index contributed by atoms with van der Waals surface area (Å²) in [6, 6.07) is 5.41. The van der Waals surface area contributed by atoms with Crippen LogP contribution in [0.3, 0.4) is 0 Å². The number of anilines is 1. The molecular weight excluding hydrogens is 204 g/mol. The number of carbonyl (C=O) groups is 1. The summed E-state index contributed by atoms with van der Waals surface area (Å²) in [6.07, 6.45) is 0. The molecule has 16 heavy (non-hydrogen) atoms. The van der Waals surface area contributed by atoms with Gasteiger partial charge in [-0.2, -0.15) is 0 Å². The number of nitrogens with zero attached hydrogens (tertiary/aromatic N) is 3. The van der Waals surface area contributed by atoms with Crippen LogP contribution in [0.25, 0.3) is 11.0 Å². The number of rotatable bonds is 1. The summed E-state index contributed by atoms with van der Waals surface area (Å²) in [5.41, 5.74) is 2.32. The summed E-state index contributed by atoms with van der Waals surface area (Å²) in [4.78, 5) is 11.2. The first-order valence-electron chi connectivity index (χ1n) is 4.74. The molecule has 0 bridgehead atoms. The first kappa shape index (κ1) is 10.2. The molecule has 0 radical (unpaired) electrons. The van der Waals surface area contributed by atoms with E-state index in [0.717, 1.165) is 11.0 Å². The molecule has 0 aliphatic rings. The second-order valence-corrected chi connectivity index (χ2v) is 3.25. The Morgan fingerprint density at radius 2 is 2.31 bits per heavy atom. The highest BCUT2D eigenvalue weighted by atomic mass is 16.1. The second kappa shape index (κ2) is 4.03. The Morgan fingerprint density at radius 3 is 3.06 bits per heavy atom. The van der Waals surface area contributed by atoms with Crippen LogP contribution in [0.5, 0.6) is 0 Å². The van der Waals surface area contributed by atoms with E-state index in [4.69, 9.17) is 0 Å². The SMILES string of the molecule is CC#CC(=O)Nc1ccc2c(c1)nnn2C. The summed E-state index contributed by atoms with van der Waals surface area (Å²) in [5, 5.41) is 10.5. The predicted molar refractivity (Wildman–Crippen MR) is 60.6 cm³/mol. The molecule has 0 aliphatic carbocycles. The summed E-state index contributed by atoms with van der Waals surface area (Å²) in [7, 11) is 1.82. The Labute approximate surface area is 92.4 Å². The number of fused-ring (bicyclic) bond motifs is 1. The zero-order valence-corrected chi connectivity index (χ0v) is 8.98. The molecule has 0 unspecified atom stereocenters. The maximum absolute atomic E-state index is 11.2. The van der Waals surface area contributed by atoms with Crippen LogP contribution in [0.2, 0.25) is 0 Å². The van der Waals surface area contributed by atoms with Crippen LogP contribution in [0.15, 0.2) is 18.2 Å². The smallest absolute Gasteiger partial charge is 0.300 e. The average molecular weight is 214 g/mol. The Bertz CT molecular complexity index is 603. The van der Waals surface area contributed by atoms with Gasteiger partial charge in [-0.25, -0.2) is 4.68 Å². The summed E-state index contributed by atoms with van der Waals surface area (Å²) in [6.45, 7) is 1.62. The second-order valence-electron chi connectivity index (χ2n) is 3.25. The normalized spacial score (nSPS) is 9.62. The fourth-order valence-electron chi connectivity index (χ4n) is 1.39. The maximum atomic E-state index is 11.2. The van der Waals surface area contributed by atoms with Gasteiger partial charge >= 0.3 is 0 Å². The van der Waals surface area contributed by atoms with Crippen molar-refractivity contribution < 1.29 is 4.79 Å². The quantitative estimate of drug-likeness (QED) is 0.718. The van der Waals surface area contributed by atoms with Crippen molar-refractivity contribution in [3.8, 4) is 11.8 Å². The van der Waals surface area contributed by atoms with Crippen molar-refractivity contribution in [2.45, 2.75) is 6.92 Å². The number of hydrogen-bond donors (Lipinski definition) is 1. The zero-order valence-electron chi connectivity index (χ0n) is 8.98. The lowest BCUT2D eigenvalue weighted by Crippen LogP contribution is -2.08. The van der Waals surface area contributed by atoms with E-state index < -0.39 is 0 Å². The van der Waals surface area contributed by atoms with E-state index in [0.29, 0.717) is 5.69 Å². The molecular formula is C11H10N4O. The number of carbonyl (C=O) groups excluding carboxylic acids is 1. The highest BCUT2D eigenvalue weighted by Gasteiger charge is 2.03. The Balaban J connectivity index is 2.32. The molecule has 0 atom stereocenters. The Kier molecular flexibility index (Phi) is 2.56. The Hall–Kier alpha value is -2.35. The van der Waals surface area contributed by atoms with E-state index in [1.165, 1.54) is 0 Å². The first-order valence-corrected chi connectivity index (χ1v) is 4.74. The minimum absolute atomic E-state index is 0.328. The molecule has 5 heteroatoms. The summed E-state index contributed by atoms with van der Waals surface area (Å²) < 4.78 is 1.67. The summed E-state index contributed by atoms with van der Waals surface area (Å²) in [5.74, 6) is 4.61. The lowest BCUT2D eigenvalue weighted by Gasteiger charge is -2.00. The molecule has 0 fully saturated rings. The van der Waals surface area contributed by atoms with E-state index in [1.54, 1.807) is 23.7 Å². The molecule has 2 rings (SSSR count). The van der Waals surface area contributed by atoms with E-state index in [2.05, 4.69) is 27.5 Å². The number of amides is 1. The van der Waals surface area contributed by atoms with Crippen LogP contribution in [0.4, 0.5) is 5.69 Å². The van der Waals surface area contributed by atoms with Crippen LogP contribution in [0.1, 0.15) is 6.92 Å². The minimum Gasteiger partial charge on any atom is -0.315 e. The first-order chi connectivity index (χ1) is 7.70. The van der Waals surface area contributed by atoms with Gasteiger partial charge in [0.05, 0.1) is 5.52 Å². The standard InChI is InChI=1S/C11H10N4O/c1-3-4-11(16)12-8-5-6-10-9(7-8)13-14-15(10)2/h5-7H,1-2H3,(H,12,16). The van der Waals surface area contributed by atoms with Crippen molar-refractivity contribution in [3.05, 3.63) is 18.2 Å². The molecule has 1 heterocycles. The van der Waals surface area contributed by atoms with Crippen molar-refractivity contribution in [2.24, 2.45) is 7.05 Å². The van der Waals surface area contributed by atoms with Crippen molar-refractivity contribution >= 4 is 22.6 Å². The van der Waals surface area contributed by atoms with Crippen molar-refractivity contribution in [1.82, 2.24) is 15.0 Å². The molecule has 1 aromatic heterocycles. The van der Waals surface area contributed by atoms with Gasteiger partial charge in [0, 0.05) is 12.7 Å². The third-order valence-electron chi connectivity index (χ3n) is 2.11. The van der Waals surface area contributed by atoms with Gasteiger partial charge in [0.1, 0.15) is 5.52 Å². The van der Waals surface area contributed by atoms with Gasteiger partial charge in [0.25, 0.3) is 5.91 Å². The van der Waals surface area contributed by atoms with Gasteiger partial charge in [-0.05, 0) is 31.0 Å². The monoisotopic (exact) mass is 214 g/mol. The van der Waals surface area contributed by atoms with Crippen LogP contribution in [-0.4, -0.2) is 20.9 Å². The maximum Gasteiger partial charge on any atom is 0.300 e. The lowest BCUT2D eigenvalue weighted by molar-refractivity contribution is -0.111. The molecule has 5 nitrogen and oxygen atoms in total. The molecule has 1 aromatic carbocycles. The highest BCUT2D eigenvalue weighted by molar-refractivity contribution is 6.04. The molecule has 2 aromatic rings. The van der Waals surface area contributed by atoms with Gasteiger partial charge in [-0.15, -0.1) is 5.10 Å². The molecule has 0 saturated carbocycles. The van der Waals surface area contributed by atoms with Crippen LogP contribution in [-0.2, 0) is 11.8 Å². The minimum atomic E-state index is -0.328. The highest BCUT2D eigenvalue weighted by Crippen LogP contribution is 2.15. The van der Waals surface area contributed by atoms with Gasteiger partial charge in [0.15, 0.2) is 0 Å². The van der Waals surface area contributed by atoms with Crippen molar-refractivity contribution in [3.63, 3.8) is 0 Å². The van der Waals surface area contributed by atoms with Gasteiger partial charge < -0.3 is 5.32 Å². The van der Waals surface area contributed by atoms with E-state index >= 15 is 0 Å². The predicted octanol–water partition coefficient (Wildman–Crippen LogP) is 0.930. The molecule has 1 amide bonds. The van der Waals surface area contributed by atoms with Gasteiger partial charge in [0.2, 0.25) is 0 Å². The number of benzene rings is 1. The molecule has 1 N–H and O–H groups in total. The van der Waals surface area contributed by atoms with Gasteiger partial charge in [-0.3, -0.25) is 4.79 Å². The average Bonchev–Trinajstić information content (AvgIpc) is 2.60. The number of nitrogens with one attached hydrogen (secondary N) is 1. The van der Waals surface area contributed by atoms with Crippen LogP contribution in [0, 0.1) is 11.8 Å². The molecule has 0 saturated heterocycles. The van der Waals surface area contributed by atoms with Crippen LogP contribution >= 0.6 is 0 Å². The van der Waals surface area contributed by atoms with Crippen LogP contribution < -0.4 is 5.32 Å². The zero-order chi connectivity index (χ0) is 11.5. The van der Waals surface area contributed by atoms with Gasteiger partial charge in [-0.1, -0.05) is 11.1 Å². The third-order valence-corrected chi connectivity index (χ3v) is 2.11. The fourth-order valence-corrected chi connectivity index (χ4v) is 1.39. The largest absolute Gasteiger partial charge is 0.315 e. The number of aryl methyl sites for hydroxylation is 1. The Morgan fingerprint density at radius 1 is 1.50 bits per heavy atom. The van der Waals surface area contributed by atoms with Crippen molar-refractivity contribution in [1.29, 1.82) is 0 Å². The third kappa shape index (κ3) is 1.86. The topological polar surface area (TPSA) is 59.8 Å². The number of hydrogen-bond acceptors (Lipinski definition) is 3. The fraction of sp³-hybridized carbons (Fsp3) is 0.182. The van der Waals surface area contributed by atoms with E-state index in [9.17, 15) is 4.79 Å². The molecule has 0 aliphatic heterocycles. The lowest BCUT2D eigenvalue weighted by atomic mass is 10.2. The summed E-state index contributed by atoms with van der Waals surface area (Å²) >= 11 is 0. The molecule has 80 valence electrons.